The molecular formula is H7NaO4S3. The summed E-state index contributed by atoms with van der Waals surface area (Å²) in [6, 6.07) is 0. The molecule has 0 aromatic carbocycles. The van der Waals surface area contributed by atoms with Gasteiger partial charge in [-0.1, -0.05) is 0 Å². The number of hydrogen-bond donors (Lipinski definition) is 2. The van der Waals surface area contributed by atoms with Crippen LogP contribution in [0.15, 0.2) is 0 Å². The molecule has 50 valence electrons. The Bertz CT molecular complexity index is 94.5. The van der Waals surface area contributed by atoms with Crippen molar-refractivity contribution in [2.75, 3.05) is 0 Å². The molecule has 8 heteroatoms. The van der Waals surface area contributed by atoms with Crippen LogP contribution in [0.4, 0.5) is 0 Å². The molecule has 0 aromatic heterocycles. The van der Waals surface area contributed by atoms with Gasteiger partial charge in [0.25, 0.3) is 9.05 Å². The molecule has 0 saturated carbocycles. The van der Waals surface area contributed by atoms with Gasteiger partial charge in [0.15, 0.2) is 0 Å². The summed E-state index contributed by atoms with van der Waals surface area (Å²) in [6.07, 6.45) is 0. The van der Waals surface area contributed by atoms with Crippen molar-refractivity contribution in [3.63, 3.8) is 0 Å². The minimum atomic E-state index is -3.83. The summed E-state index contributed by atoms with van der Waals surface area (Å²) < 4.78 is 24.0. The van der Waals surface area contributed by atoms with Crippen molar-refractivity contribution in [1.82, 2.24) is 0 Å². The van der Waals surface area contributed by atoms with Crippen LogP contribution >= 0.6 is 13.5 Å². The zero-order valence-corrected chi connectivity index (χ0v) is 5.75. The van der Waals surface area contributed by atoms with E-state index in [2.05, 4.69) is 11.2 Å². The van der Waals surface area contributed by atoms with Crippen molar-refractivity contribution in [3.05, 3.63) is 0 Å². The van der Waals surface area contributed by atoms with Gasteiger partial charge in [0.2, 0.25) is 0 Å². The molecule has 0 aromatic rings. The number of rotatable bonds is 0. The van der Waals surface area contributed by atoms with Crippen molar-refractivity contribution in [1.29, 1.82) is 0 Å². The summed E-state index contributed by atoms with van der Waals surface area (Å²) in [6.45, 7) is 0. The number of hydrogen-bond acceptors (Lipinski definition) is 2. The second-order valence-corrected chi connectivity index (χ2v) is 2.65. The monoisotopic (exact) mass is 190 g/mol. The Balaban J connectivity index is -0.0000000267. The quantitative estimate of drug-likeness (QED) is 0.446. The fourth-order valence-corrected chi connectivity index (χ4v) is 0. The van der Waals surface area contributed by atoms with Crippen molar-refractivity contribution in [3.8, 4) is 0 Å². The molecule has 0 atom stereocenters. The van der Waals surface area contributed by atoms with E-state index in [-0.39, 0.29) is 48.5 Å². The van der Waals surface area contributed by atoms with Gasteiger partial charge < -0.3 is 5.48 Å². The minimum absolute atomic E-state index is 0. The van der Waals surface area contributed by atoms with Crippen LogP contribution in [0.5, 0.6) is 0 Å². The fourth-order valence-electron chi connectivity index (χ4n) is 0. The average Bonchev–Trinajstić information content (AvgIpc) is 0.722. The van der Waals surface area contributed by atoms with Gasteiger partial charge in [0.1, 0.15) is 0 Å². The summed E-state index contributed by atoms with van der Waals surface area (Å²) >= 11 is 3.47. The van der Waals surface area contributed by atoms with E-state index in [0.29, 0.717) is 0 Å². The fraction of sp³-hybridized carbons (Fsp3) is 0. The van der Waals surface area contributed by atoms with Crippen LogP contribution in [-0.4, -0.2) is 48.3 Å². The Labute approximate surface area is 81.4 Å². The van der Waals surface area contributed by atoms with E-state index < -0.39 is 9.05 Å². The van der Waals surface area contributed by atoms with Gasteiger partial charge in [-0.3, -0.25) is 9.11 Å². The summed E-state index contributed by atoms with van der Waals surface area (Å²) in [5, 5.41) is 0. The van der Waals surface area contributed by atoms with Crippen LogP contribution < -0.4 is 0 Å². The average molecular weight is 190 g/mol. The molecule has 4 nitrogen and oxygen atoms in total. The summed E-state index contributed by atoms with van der Waals surface area (Å²) in [7, 11) is -3.83. The van der Waals surface area contributed by atoms with Gasteiger partial charge in [-0.15, -0.1) is 0 Å². The zero-order valence-electron chi connectivity index (χ0n) is 3.12. The van der Waals surface area contributed by atoms with Crippen LogP contribution in [0, 0.1) is 0 Å². The van der Waals surface area contributed by atoms with Crippen molar-refractivity contribution in [2.24, 2.45) is 0 Å². The predicted molar refractivity (Wildman–Crippen MR) is 41.9 cm³/mol. The molecule has 0 fully saturated rings. The van der Waals surface area contributed by atoms with Crippen LogP contribution in [0.25, 0.3) is 0 Å². The Morgan fingerprint density at radius 3 is 1.38 bits per heavy atom. The maximum atomic E-state index is 9.11. The second-order valence-electron chi connectivity index (χ2n) is 0.448. The van der Waals surface area contributed by atoms with Gasteiger partial charge in [-0.05, 0) is 0 Å². The molecule has 0 unspecified atom stereocenters. The molecule has 0 spiro atoms. The van der Waals surface area contributed by atoms with Crippen LogP contribution in [0.1, 0.15) is 0 Å². The van der Waals surface area contributed by atoms with Crippen molar-refractivity contribution in [2.45, 2.75) is 0 Å². The van der Waals surface area contributed by atoms with E-state index in [1.54, 1.807) is 0 Å². The molecule has 0 aliphatic rings. The van der Waals surface area contributed by atoms with E-state index >= 15 is 0 Å². The summed E-state index contributed by atoms with van der Waals surface area (Å²) in [5.41, 5.74) is 0. The molecule has 0 heterocycles. The van der Waals surface area contributed by atoms with E-state index in [1.807, 2.05) is 0 Å². The third-order valence-electron chi connectivity index (χ3n) is 0. The molecule has 0 amide bonds. The molecule has 8 heavy (non-hydrogen) atoms. The molecule has 0 radical (unpaired) electrons. The molecule has 4 N–H and O–H groups in total. The van der Waals surface area contributed by atoms with Crippen LogP contribution in [0.2, 0.25) is 0 Å². The molecule has 0 aliphatic heterocycles. The first-order valence-corrected chi connectivity index (χ1v) is 3.10. The van der Waals surface area contributed by atoms with Crippen molar-refractivity contribution >= 4 is 63.3 Å². The molecule has 0 bridgehead atoms. The summed E-state index contributed by atoms with van der Waals surface area (Å²) in [5.74, 6) is 0. The van der Waals surface area contributed by atoms with Gasteiger partial charge in [0, 0.05) is 11.2 Å². The van der Waals surface area contributed by atoms with Gasteiger partial charge in [0.05, 0.1) is 0 Å². The SMILES string of the molecule is O.O=S(O)(O)=S.S.[NaH]. The molecular weight excluding hydrogens is 183 g/mol. The zero-order chi connectivity index (χ0) is 4.50. The Kier molecular flexibility index (Phi) is 24.3. The topological polar surface area (TPSA) is 89.0 Å². The van der Waals surface area contributed by atoms with Crippen molar-refractivity contribution < 1.29 is 18.8 Å². The van der Waals surface area contributed by atoms with Crippen LogP contribution in [0.3, 0.4) is 0 Å². The third-order valence-corrected chi connectivity index (χ3v) is 0. The standard InChI is InChI=1S/Na.H2O3S2.H2O.H2S.H/c;1-5(2,3)4;;;/h;(H2,1,2,3,4);2*1H2;. The van der Waals surface area contributed by atoms with Gasteiger partial charge in [-0.2, -0.15) is 17.7 Å². The maximum absolute atomic E-state index is 9.11. The summed E-state index contributed by atoms with van der Waals surface area (Å²) in [4.78, 5) is 0. The molecule has 0 saturated heterocycles. The van der Waals surface area contributed by atoms with E-state index in [9.17, 15) is 0 Å². The van der Waals surface area contributed by atoms with Gasteiger partial charge >= 0.3 is 29.6 Å². The van der Waals surface area contributed by atoms with E-state index in [1.165, 1.54) is 0 Å². The molecule has 0 rings (SSSR count). The first-order valence-electron chi connectivity index (χ1n) is 0.698. The normalized spacial score (nSPS) is 7.25. The van der Waals surface area contributed by atoms with E-state index in [0.717, 1.165) is 0 Å². The second kappa shape index (κ2) is 8.60. The van der Waals surface area contributed by atoms with Gasteiger partial charge in [-0.25, -0.2) is 0 Å². The first-order chi connectivity index (χ1) is 2.00. The first kappa shape index (κ1) is 22.6. The van der Waals surface area contributed by atoms with Crippen LogP contribution in [-0.2, 0) is 20.2 Å². The van der Waals surface area contributed by atoms with E-state index in [4.69, 9.17) is 13.3 Å². The Morgan fingerprint density at radius 2 is 1.38 bits per heavy atom. The Morgan fingerprint density at radius 1 is 1.38 bits per heavy atom. The molecule has 0 aliphatic carbocycles. The predicted octanol–water partition coefficient (Wildman–Crippen LogP) is -1.68. The Hall–Kier alpha value is 1.60. The third kappa shape index (κ3) is 129.